The van der Waals surface area contributed by atoms with E-state index in [9.17, 15) is 14.9 Å². The van der Waals surface area contributed by atoms with Gasteiger partial charge in [0.05, 0.1) is 16.6 Å². The molecule has 0 aliphatic carbocycles. The van der Waals surface area contributed by atoms with Gasteiger partial charge in [0.25, 0.3) is 11.8 Å². The summed E-state index contributed by atoms with van der Waals surface area (Å²) in [5, 5.41) is 10.8. The Kier molecular flexibility index (Phi) is 6.44. The molecule has 0 saturated heterocycles. The zero-order valence-corrected chi connectivity index (χ0v) is 19.5. The van der Waals surface area contributed by atoms with Crippen molar-refractivity contribution in [3.05, 3.63) is 97.7 Å². The fourth-order valence-electron chi connectivity index (χ4n) is 3.45. The van der Waals surface area contributed by atoms with Crippen LogP contribution in [0.15, 0.2) is 75.7 Å². The van der Waals surface area contributed by atoms with Gasteiger partial charge in [-0.3, -0.25) is 14.5 Å². The van der Waals surface area contributed by atoms with Gasteiger partial charge in [-0.05, 0) is 60.5 Å². The Hall–Kier alpha value is -3.30. The van der Waals surface area contributed by atoms with Crippen molar-refractivity contribution in [1.29, 1.82) is 5.26 Å². The predicted molar refractivity (Wildman–Crippen MR) is 127 cm³/mol. The first-order chi connectivity index (χ1) is 15.8. The van der Waals surface area contributed by atoms with Gasteiger partial charge in [-0.15, -0.1) is 0 Å². The molecule has 164 valence electrons. The molecule has 1 aliphatic rings. The normalized spacial score (nSPS) is 15.4. The van der Waals surface area contributed by atoms with Crippen molar-refractivity contribution < 1.29 is 14.0 Å². The quantitative estimate of drug-likeness (QED) is 0.297. The van der Waals surface area contributed by atoms with Crippen molar-refractivity contribution in [3.8, 4) is 17.4 Å². The van der Waals surface area contributed by atoms with Crippen LogP contribution in [0.5, 0.6) is 0 Å². The molecule has 2 heterocycles. The molecule has 2 aromatic carbocycles. The average molecular weight is 498 g/mol. The van der Waals surface area contributed by atoms with Crippen LogP contribution >= 0.6 is 34.8 Å². The number of rotatable bonds is 4. The van der Waals surface area contributed by atoms with Crippen LogP contribution in [0.2, 0.25) is 15.1 Å². The second-order valence-electron chi connectivity index (χ2n) is 7.29. The van der Waals surface area contributed by atoms with Crippen LogP contribution in [0.25, 0.3) is 17.4 Å². The Labute approximate surface area is 205 Å². The predicted octanol–water partition coefficient (Wildman–Crippen LogP) is 6.70. The van der Waals surface area contributed by atoms with E-state index in [1.807, 2.05) is 6.07 Å². The highest BCUT2D eigenvalue weighted by atomic mass is 35.5. The molecule has 3 aromatic rings. The molecule has 0 N–H and O–H groups in total. The van der Waals surface area contributed by atoms with Crippen molar-refractivity contribution in [2.75, 3.05) is 0 Å². The molecule has 8 heteroatoms. The lowest BCUT2D eigenvalue weighted by Crippen LogP contribution is -2.42. The molecule has 4 rings (SSSR count). The third-order valence-electron chi connectivity index (χ3n) is 5.23. The summed E-state index contributed by atoms with van der Waals surface area (Å²) in [6, 6.07) is 17.3. The largest absolute Gasteiger partial charge is 0.457 e. The number of imide groups is 1. The highest BCUT2D eigenvalue weighted by Crippen LogP contribution is 2.32. The lowest BCUT2D eigenvalue weighted by atomic mass is 9.94. The maximum absolute atomic E-state index is 13.3. The number of amides is 2. The van der Waals surface area contributed by atoms with Gasteiger partial charge in [-0.25, -0.2) is 0 Å². The lowest BCUT2D eigenvalue weighted by molar-refractivity contribution is -0.141. The van der Waals surface area contributed by atoms with E-state index in [2.05, 4.69) is 0 Å². The van der Waals surface area contributed by atoms with E-state index in [0.717, 1.165) is 4.90 Å². The summed E-state index contributed by atoms with van der Waals surface area (Å²) in [6.45, 7) is 1.51. The molecule has 0 bridgehead atoms. The van der Waals surface area contributed by atoms with Gasteiger partial charge >= 0.3 is 0 Å². The van der Waals surface area contributed by atoms with Crippen LogP contribution in [0.4, 0.5) is 0 Å². The van der Waals surface area contributed by atoms with E-state index in [1.165, 1.54) is 6.08 Å². The van der Waals surface area contributed by atoms with Gasteiger partial charge in [-0.1, -0.05) is 53.0 Å². The molecule has 0 radical (unpaired) electrons. The Balaban J connectivity index is 1.72. The van der Waals surface area contributed by atoms with E-state index < -0.39 is 11.8 Å². The summed E-state index contributed by atoms with van der Waals surface area (Å²) < 4.78 is 5.87. The number of hydrogen-bond acceptors (Lipinski definition) is 4. The highest BCUT2D eigenvalue weighted by Gasteiger charge is 2.36. The minimum atomic E-state index is -0.659. The molecule has 5 nitrogen and oxygen atoms in total. The van der Waals surface area contributed by atoms with Crippen molar-refractivity contribution in [2.45, 2.75) is 13.5 Å². The molecule has 0 atom stereocenters. The Morgan fingerprint density at radius 2 is 1.73 bits per heavy atom. The first-order valence-corrected chi connectivity index (χ1v) is 10.9. The molecular formula is C25H15Cl3N2O3. The molecular weight excluding hydrogens is 483 g/mol. The Morgan fingerprint density at radius 3 is 2.42 bits per heavy atom. The second-order valence-corrected chi connectivity index (χ2v) is 8.51. The van der Waals surface area contributed by atoms with Crippen LogP contribution in [-0.2, 0) is 16.1 Å². The standard InChI is InChI=1S/C25H15Cl3N2O3/c1-14-18(11-17-7-9-23(33-17)15-6-8-21(27)22(28)10-15)24(31)30(25(32)19(14)12-29)13-16-4-2-3-5-20(16)26/h2-11H,13H2,1H3/b18-11+. The summed E-state index contributed by atoms with van der Waals surface area (Å²) in [4.78, 5) is 27.1. The zero-order chi connectivity index (χ0) is 23.7. The third kappa shape index (κ3) is 4.46. The zero-order valence-electron chi connectivity index (χ0n) is 17.2. The van der Waals surface area contributed by atoms with Crippen molar-refractivity contribution in [1.82, 2.24) is 4.90 Å². The van der Waals surface area contributed by atoms with Crippen LogP contribution in [0, 0.1) is 11.3 Å². The minimum absolute atomic E-state index is 0.0557. The van der Waals surface area contributed by atoms with Gasteiger partial charge in [-0.2, -0.15) is 5.26 Å². The second kappa shape index (κ2) is 9.29. The van der Waals surface area contributed by atoms with E-state index in [4.69, 9.17) is 39.2 Å². The van der Waals surface area contributed by atoms with E-state index in [-0.39, 0.29) is 23.3 Å². The van der Waals surface area contributed by atoms with E-state index >= 15 is 0 Å². The minimum Gasteiger partial charge on any atom is -0.457 e. The van der Waals surface area contributed by atoms with E-state index in [1.54, 1.807) is 61.5 Å². The van der Waals surface area contributed by atoms with Crippen LogP contribution in [0.3, 0.4) is 0 Å². The summed E-state index contributed by atoms with van der Waals surface area (Å²) in [5.74, 6) is -0.296. The van der Waals surface area contributed by atoms with Crippen LogP contribution < -0.4 is 0 Å². The third-order valence-corrected chi connectivity index (χ3v) is 6.34. The van der Waals surface area contributed by atoms with Crippen LogP contribution in [0.1, 0.15) is 18.2 Å². The first-order valence-electron chi connectivity index (χ1n) is 9.78. The Bertz CT molecular complexity index is 1400. The molecule has 1 aromatic heterocycles. The smallest absolute Gasteiger partial charge is 0.271 e. The van der Waals surface area contributed by atoms with Crippen molar-refractivity contribution >= 4 is 52.7 Å². The summed E-state index contributed by atoms with van der Waals surface area (Å²) in [5.41, 5.74) is 1.68. The van der Waals surface area contributed by atoms with Gasteiger partial charge in [0, 0.05) is 16.2 Å². The van der Waals surface area contributed by atoms with Gasteiger partial charge in [0.2, 0.25) is 0 Å². The van der Waals surface area contributed by atoms with E-state index in [0.29, 0.717) is 37.7 Å². The van der Waals surface area contributed by atoms with Gasteiger partial charge in [0.1, 0.15) is 23.2 Å². The van der Waals surface area contributed by atoms with Gasteiger partial charge < -0.3 is 4.42 Å². The molecule has 0 spiro atoms. The van der Waals surface area contributed by atoms with Crippen molar-refractivity contribution in [2.24, 2.45) is 0 Å². The molecule has 0 fully saturated rings. The first kappa shape index (κ1) is 22.9. The van der Waals surface area contributed by atoms with Crippen LogP contribution in [-0.4, -0.2) is 16.7 Å². The number of benzene rings is 2. The number of furan rings is 1. The lowest BCUT2D eigenvalue weighted by Gasteiger charge is -2.27. The number of carbonyl (C=O) groups is 2. The number of nitrogens with zero attached hydrogens (tertiary/aromatic N) is 2. The summed E-state index contributed by atoms with van der Waals surface area (Å²) >= 11 is 18.3. The SMILES string of the molecule is CC1=C(C#N)C(=O)N(Cc2ccccc2Cl)C(=O)/C1=C/c1ccc(-c2ccc(Cl)c(Cl)c2)o1. The summed E-state index contributed by atoms with van der Waals surface area (Å²) in [6.07, 6.45) is 1.52. The molecule has 0 unspecified atom stereocenters. The fraction of sp³-hybridized carbons (Fsp3) is 0.0800. The average Bonchev–Trinajstić information content (AvgIpc) is 3.26. The monoisotopic (exact) mass is 496 g/mol. The molecule has 33 heavy (non-hydrogen) atoms. The maximum atomic E-state index is 13.3. The number of halogens is 3. The molecule has 2 amide bonds. The van der Waals surface area contributed by atoms with Gasteiger partial charge in [0.15, 0.2) is 0 Å². The number of hydrogen-bond donors (Lipinski definition) is 0. The number of nitriles is 1. The molecule has 0 saturated carbocycles. The maximum Gasteiger partial charge on any atom is 0.271 e. The topological polar surface area (TPSA) is 74.3 Å². The fourth-order valence-corrected chi connectivity index (χ4v) is 3.94. The van der Waals surface area contributed by atoms with Crippen molar-refractivity contribution in [3.63, 3.8) is 0 Å². The number of carbonyl (C=O) groups excluding carboxylic acids is 2. The molecule has 1 aliphatic heterocycles. The summed E-state index contributed by atoms with van der Waals surface area (Å²) in [7, 11) is 0. The highest BCUT2D eigenvalue weighted by molar-refractivity contribution is 6.42. The Morgan fingerprint density at radius 1 is 0.970 bits per heavy atom.